The standard InChI is InChI=1S/C20H24F3N3O2/c1-12(15-4-3-5-16(18(15)21)19(22)23)25-20-17(10-24-13(2)26-20)28-11-14-6-8-27-9-7-14/h3-5,10,12,14,19H,6-9,11H2,1-2H3,(H,24,25,26)/t12-/m1/s1. The summed E-state index contributed by atoms with van der Waals surface area (Å²) in [5, 5.41) is 3.08. The number of anilines is 1. The summed E-state index contributed by atoms with van der Waals surface area (Å²) in [6, 6.07) is 3.41. The molecule has 0 unspecified atom stereocenters. The second-order valence-corrected chi connectivity index (χ2v) is 6.91. The lowest BCUT2D eigenvalue weighted by Gasteiger charge is -2.23. The van der Waals surface area contributed by atoms with Crippen LogP contribution in [0.5, 0.6) is 5.75 Å². The molecule has 0 saturated carbocycles. The summed E-state index contributed by atoms with van der Waals surface area (Å²) in [6.45, 7) is 5.37. The van der Waals surface area contributed by atoms with Gasteiger partial charge in [0.1, 0.15) is 11.6 Å². The van der Waals surface area contributed by atoms with Gasteiger partial charge < -0.3 is 14.8 Å². The molecule has 3 rings (SSSR count). The Hall–Kier alpha value is -2.35. The molecule has 1 aromatic carbocycles. The average Bonchev–Trinajstić information content (AvgIpc) is 2.68. The summed E-state index contributed by atoms with van der Waals surface area (Å²) in [5.41, 5.74) is -0.467. The van der Waals surface area contributed by atoms with Crippen molar-refractivity contribution in [2.75, 3.05) is 25.1 Å². The van der Waals surface area contributed by atoms with E-state index >= 15 is 0 Å². The normalized spacial score (nSPS) is 16.2. The number of nitrogens with zero attached hydrogens (tertiary/aromatic N) is 2. The molecule has 8 heteroatoms. The molecule has 1 fully saturated rings. The van der Waals surface area contributed by atoms with E-state index in [1.165, 1.54) is 12.1 Å². The quantitative estimate of drug-likeness (QED) is 0.727. The number of hydrogen-bond donors (Lipinski definition) is 1. The van der Waals surface area contributed by atoms with Crippen molar-refractivity contribution in [1.82, 2.24) is 9.97 Å². The third-order valence-electron chi connectivity index (χ3n) is 4.80. The molecule has 0 radical (unpaired) electrons. The SMILES string of the molecule is Cc1ncc(OCC2CCOCC2)c(N[C@H](C)c2cccc(C(F)F)c2F)n1. The van der Waals surface area contributed by atoms with Crippen LogP contribution >= 0.6 is 0 Å². The van der Waals surface area contributed by atoms with Crippen LogP contribution in [0.3, 0.4) is 0 Å². The smallest absolute Gasteiger partial charge is 0.266 e. The molecule has 28 heavy (non-hydrogen) atoms. The van der Waals surface area contributed by atoms with Crippen LogP contribution in [0.4, 0.5) is 19.0 Å². The van der Waals surface area contributed by atoms with Gasteiger partial charge in [-0.05, 0) is 32.6 Å². The van der Waals surface area contributed by atoms with Crippen molar-refractivity contribution in [2.24, 2.45) is 5.92 Å². The molecule has 1 aromatic heterocycles. The highest BCUT2D eigenvalue weighted by atomic mass is 19.3. The Morgan fingerprint density at radius 1 is 1.25 bits per heavy atom. The minimum absolute atomic E-state index is 0.143. The summed E-state index contributed by atoms with van der Waals surface area (Å²) in [5.74, 6) is 0.867. The van der Waals surface area contributed by atoms with Crippen LogP contribution in [-0.4, -0.2) is 29.8 Å². The lowest BCUT2D eigenvalue weighted by atomic mass is 10.0. The minimum Gasteiger partial charge on any atom is -0.488 e. The second kappa shape index (κ2) is 9.23. The molecule has 2 aromatic rings. The Kier molecular flexibility index (Phi) is 6.72. The highest BCUT2D eigenvalue weighted by molar-refractivity contribution is 5.50. The summed E-state index contributed by atoms with van der Waals surface area (Å²) < 4.78 is 51.7. The van der Waals surface area contributed by atoms with Crippen molar-refractivity contribution >= 4 is 5.82 Å². The third-order valence-corrected chi connectivity index (χ3v) is 4.80. The first kappa shape index (κ1) is 20.4. The number of ether oxygens (including phenoxy) is 2. The van der Waals surface area contributed by atoms with E-state index in [1.807, 2.05) is 0 Å². The lowest BCUT2D eigenvalue weighted by molar-refractivity contribution is 0.0497. The first-order valence-electron chi connectivity index (χ1n) is 9.33. The van der Waals surface area contributed by atoms with Gasteiger partial charge in [0.2, 0.25) is 0 Å². The number of benzene rings is 1. The van der Waals surface area contributed by atoms with E-state index in [1.54, 1.807) is 20.0 Å². The molecule has 0 amide bonds. The summed E-state index contributed by atoms with van der Waals surface area (Å²) >= 11 is 0. The van der Waals surface area contributed by atoms with Gasteiger partial charge in [-0.25, -0.2) is 23.1 Å². The molecule has 1 aliphatic rings. The maximum Gasteiger partial charge on any atom is 0.266 e. The number of aromatic nitrogens is 2. The van der Waals surface area contributed by atoms with Crippen LogP contribution in [0.15, 0.2) is 24.4 Å². The highest BCUT2D eigenvalue weighted by Crippen LogP contribution is 2.31. The molecule has 152 valence electrons. The Bertz CT molecular complexity index is 798. The Balaban J connectivity index is 1.76. The molecule has 0 spiro atoms. The van der Waals surface area contributed by atoms with E-state index in [4.69, 9.17) is 9.47 Å². The van der Waals surface area contributed by atoms with Gasteiger partial charge in [0, 0.05) is 18.8 Å². The predicted molar refractivity (Wildman–Crippen MR) is 99.2 cm³/mol. The zero-order valence-electron chi connectivity index (χ0n) is 15.9. The Morgan fingerprint density at radius 3 is 2.68 bits per heavy atom. The molecule has 5 nitrogen and oxygen atoms in total. The van der Waals surface area contributed by atoms with Crippen LogP contribution < -0.4 is 10.1 Å². The van der Waals surface area contributed by atoms with Crippen molar-refractivity contribution in [3.8, 4) is 5.75 Å². The largest absolute Gasteiger partial charge is 0.488 e. The van der Waals surface area contributed by atoms with Gasteiger partial charge in [-0.3, -0.25) is 0 Å². The molecule has 1 atom stereocenters. The number of alkyl halides is 2. The molecular weight excluding hydrogens is 371 g/mol. The van der Waals surface area contributed by atoms with Gasteiger partial charge in [0.15, 0.2) is 11.6 Å². The van der Waals surface area contributed by atoms with E-state index in [0.29, 0.717) is 29.9 Å². The Morgan fingerprint density at radius 2 is 1.96 bits per heavy atom. The van der Waals surface area contributed by atoms with Gasteiger partial charge >= 0.3 is 0 Å². The molecule has 1 aliphatic heterocycles. The van der Waals surface area contributed by atoms with Crippen molar-refractivity contribution in [1.29, 1.82) is 0 Å². The summed E-state index contributed by atoms with van der Waals surface area (Å²) in [7, 11) is 0. The maximum absolute atomic E-state index is 14.5. The number of aryl methyl sites for hydroxylation is 1. The highest BCUT2D eigenvalue weighted by Gasteiger charge is 2.21. The van der Waals surface area contributed by atoms with Gasteiger partial charge in [-0.1, -0.05) is 18.2 Å². The third kappa shape index (κ3) is 4.92. The molecule has 1 N–H and O–H groups in total. The van der Waals surface area contributed by atoms with Gasteiger partial charge in [0.25, 0.3) is 6.43 Å². The zero-order valence-corrected chi connectivity index (χ0v) is 15.9. The predicted octanol–water partition coefficient (Wildman–Crippen LogP) is 4.84. The fourth-order valence-corrected chi connectivity index (χ4v) is 3.14. The van der Waals surface area contributed by atoms with Crippen LogP contribution in [0.25, 0.3) is 0 Å². The van der Waals surface area contributed by atoms with Gasteiger partial charge in [-0.2, -0.15) is 0 Å². The minimum atomic E-state index is -2.87. The van der Waals surface area contributed by atoms with Gasteiger partial charge in [-0.15, -0.1) is 0 Å². The molecule has 0 aliphatic carbocycles. The van der Waals surface area contributed by atoms with Crippen LogP contribution in [0, 0.1) is 18.7 Å². The van der Waals surface area contributed by atoms with Gasteiger partial charge in [0.05, 0.1) is 24.4 Å². The first-order chi connectivity index (χ1) is 13.5. The second-order valence-electron chi connectivity index (χ2n) is 6.91. The Labute approximate surface area is 162 Å². The monoisotopic (exact) mass is 395 g/mol. The van der Waals surface area contributed by atoms with Crippen LogP contribution in [0.2, 0.25) is 0 Å². The molecule has 0 bridgehead atoms. The first-order valence-corrected chi connectivity index (χ1v) is 9.33. The number of halogens is 3. The molecule has 1 saturated heterocycles. The van der Waals surface area contributed by atoms with Crippen LogP contribution in [0.1, 0.15) is 49.2 Å². The van der Waals surface area contributed by atoms with Crippen molar-refractivity contribution in [2.45, 2.75) is 39.2 Å². The summed E-state index contributed by atoms with van der Waals surface area (Å²) in [4.78, 5) is 8.51. The number of nitrogens with one attached hydrogen (secondary N) is 1. The fourth-order valence-electron chi connectivity index (χ4n) is 3.14. The molecular formula is C20H24F3N3O2. The average molecular weight is 395 g/mol. The van der Waals surface area contributed by atoms with Crippen molar-refractivity contribution < 1.29 is 22.6 Å². The maximum atomic E-state index is 14.5. The van der Waals surface area contributed by atoms with E-state index in [2.05, 4.69) is 15.3 Å². The van der Waals surface area contributed by atoms with E-state index in [-0.39, 0.29) is 5.56 Å². The number of hydrogen-bond acceptors (Lipinski definition) is 5. The fraction of sp³-hybridized carbons (Fsp3) is 0.500. The van der Waals surface area contributed by atoms with Crippen LogP contribution in [-0.2, 0) is 4.74 Å². The van der Waals surface area contributed by atoms with E-state index in [0.717, 1.165) is 32.1 Å². The van der Waals surface area contributed by atoms with Crippen molar-refractivity contribution in [3.05, 3.63) is 47.2 Å². The van der Waals surface area contributed by atoms with E-state index < -0.39 is 23.8 Å². The lowest BCUT2D eigenvalue weighted by Crippen LogP contribution is -2.22. The van der Waals surface area contributed by atoms with E-state index in [9.17, 15) is 13.2 Å². The number of rotatable bonds is 7. The topological polar surface area (TPSA) is 56.3 Å². The summed E-state index contributed by atoms with van der Waals surface area (Å²) in [6.07, 6.45) is 0.560. The molecule has 2 heterocycles. The van der Waals surface area contributed by atoms with Crippen molar-refractivity contribution in [3.63, 3.8) is 0 Å². The zero-order chi connectivity index (χ0) is 20.1.